The van der Waals surface area contributed by atoms with Crippen molar-refractivity contribution >= 4 is 31.8 Å². The fourth-order valence-electron chi connectivity index (χ4n) is 0.751. The SMILES string of the molecule is CC(C)(C)S(=O)(=O)Nc1cc(Br)ccn1. The van der Waals surface area contributed by atoms with Crippen molar-refractivity contribution in [3.05, 3.63) is 22.8 Å². The van der Waals surface area contributed by atoms with Crippen molar-refractivity contribution in [3.63, 3.8) is 0 Å². The van der Waals surface area contributed by atoms with Gasteiger partial charge in [0.15, 0.2) is 0 Å². The molecule has 1 rings (SSSR count). The van der Waals surface area contributed by atoms with E-state index in [1.54, 1.807) is 32.9 Å². The van der Waals surface area contributed by atoms with E-state index in [1.165, 1.54) is 6.20 Å². The Hall–Kier alpha value is -0.620. The van der Waals surface area contributed by atoms with Crippen LogP contribution in [-0.4, -0.2) is 18.1 Å². The predicted octanol–water partition coefficient (Wildman–Crippen LogP) is 2.38. The van der Waals surface area contributed by atoms with Gasteiger partial charge in [0.05, 0.1) is 4.75 Å². The molecule has 0 atom stereocenters. The topological polar surface area (TPSA) is 59.1 Å². The third-order valence-corrected chi connectivity index (χ3v) is 4.35. The second-order valence-corrected chi connectivity index (χ2v) is 7.43. The molecule has 1 aromatic heterocycles. The number of pyridine rings is 1. The molecule has 0 unspecified atom stereocenters. The lowest BCUT2D eigenvalue weighted by Gasteiger charge is -2.19. The molecule has 6 heteroatoms. The second-order valence-electron chi connectivity index (χ2n) is 4.08. The van der Waals surface area contributed by atoms with Gasteiger partial charge < -0.3 is 0 Å². The summed E-state index contributed by atoms with van der Waals surface area (Å²) in [6, 6.07) is 3.35. The standard InChI is InChI=1S/C9H13BrN2O2S/c1-9(2,3)15(13,14)12-8-6-7(10)4-5-11-8/h4-6H,1-3H3,(H,11,12). The average Bonchev–Trinajstić information content (AvgIpc) is 2.00. The Morgan fingerprint density at radius 1 is 1.40 bits per heavy atom. The van der Waals surface area contributed by atoms with E-state index >= 15 is 0 Å². The fourth-order valence-corrected chi connectivity index (χ4v) is 1.78. The number of sulfonamides is 1. The van der Waals surface area contributed by atoms with Crippen molar-refractivity contribution in [2.24, 2.45) is 0 Å². The average molecular weight is 293 g/mol. The van der Waals surface area contributed by atoms with E-state index in [2.05, 4.69) is 25.6 Å². The molecule has 1 heterocycles. The number of aromatic nitrogens is 1. The number of hydrogen-bond donors (Lipinski definition) is 1. The zero-order chi connectivity index (χ0) is 11.7. The molecule has 0 aliphatic heterocycles. The smallest absolute Gasteiger partial charge is 0.238 e. The van der Waals surface area contributed by atoms with E-state index in [1.807, 2.05) is 0 Å². The van der Waals surface area contributed by atoms with Crippen LogP contribution in [0.25, 0.3) is 0 Å². The first-order chi connectivity index (χ1) is 6.72. The van der Waals surface area contributed by atoms with Crippen molar-refractivity contribution in [2.75, 3.05) is 4.72 Å². The number of halogens is 1. The lowest BCUT2D eigenvalue weighted by Crippen LogP contribution is -2.33. The van der Waals surface area contributed by atoms with Gasteiger partial charge in [-0.25, -0.2) is 13.4 Å². The summed E-state index contributed by atoms with van der Waals surface area (Å²) in [7, 11) is -3.40. The maximum Gasteiger partial charge on any atom is 0.238 e. The zero-order valence-electron chi connectivity index (χ0n) is 8.78. The maximum absolute atomic E-state index is 11.8. The highest BCUT2D eigenvalue weighted by Crippen LogP contribution is 2.19. The van der Waals surface area contributed by atoms with Gasteiger partial charge in [0.1, 0.15) is 5.82 Å². The molecule has 0 aromatic carbocycles. The van der Waals surface area contributed by atoms with Crippen LogP contribution >= 0.6 is 15.9 Å². The molecule has 84 valence electrons. The summed E-state index contributed by atoms with van der Waals surface area (Å²) >= 11 is 3.25. The lowest BCUT2D eigenvalue weighted by molar-refractivity contribution is 0.566. The Morgan fingerprint density at radius 2 is 2.00 bits per heavy atom. The molecule has 0 radical (unpaired) electrons. The van der Waals surface area contributed by atoms with Gasteiger partial charge in [0.25, 0.3) is 0 Å². The molecule has 1 aromatic rings. The van der Waals surface area contributed by atoms with Crippen molar-refractivity contribution in [2.45, 2.75) is 25.5 Å². The second kappa shape index (κ2) is 4.09. The number of hydrogen-bond acceptors (Lipinski definition) is 3. The van der Waals surface area contributed by atoms with Gasteiger partial charge >= 0.3 is 0 Å². The molecule has 0 bridgehead atoms. The van der Waals surface area contributed by atoms with E-state index in [0.717, 1.165) is 4.47 Å². The first kappa shape index (κ1) is 12.4. The molecule has 0 spiro atoms. The minimum absolute atomic E-state index is 0.319. The maximum atomic E-state index is 11.8. The summed E-state index contributed by atoms with van der Waals surface area (Å²) in [6.45, 7) is 4.90. The summed E-state index contributed by atoms with van der Waals surface area (Å²) in [4.78, 5) is 3.92. The van der Waals surface area contributed by atoms with E-state index < -0.39 is 14.8 Å². The summed E-state index contributed by atoms with van der Waals surface area (Å²) in [5, 5.41) is 0. The van der Waals surface area contributed by atoms with Gasteiger partial charge in [0.2, 0.25) is 10.0 Å². The molecule has 15 heavy (non-hydrogen) atoms. The van der Waals surface area contributed by atoms with Gasteiger partial charge in [-0.3, -0.25) is 4.72 Å². The van der Waals surface area contributed by atoms with E-state index in [-0.39, 0.29) is 0 Å². The van der Waals surface area contributed by atoms with E-state index in [9.17, 15) is 8.42 Å². The van der Waals surface area contributed by atoms with Gasteiger partial charge in [0, 0.05) is 10.7 Å². The van der Waals surface area contributed by atoms with Crippen LogP contribution in [0.15, 0.2) is 22.8 Å². The Morgan fingerprint density at radius 3 is 2.47 bits per heavy atom. The Labute approximate surface area is 98.3 Å². The van der Waals surface area contributed by atoms with E-state index in [4.69, 9.17) is 0 Å². The van der Waals surface area contributed by atoms with Crippen molar-refractivity contribution in [1.82, 2.24) is 4.98 Å². The summed E-state index contributed by atoms with van der Waals surface area (Å²) in [5.74, 6) is 0.319. The number of rotatable bonds is 2. The van der Waals surface area contributed by atoms with Crippen molar-refractivity contribution in [1.29, 1.82) is 0 Å². The van der Waals surface area contributed by atoms with Gasteiger partial charge in [-0.05, 0) is 32.9 Å². The molecule has 0 saturated heterocycles. The molecule has 0 aliphatic carbocycles. The minimum atomic E-state index is -3.40. The van der Waals surface area contributed by atoms with Crippen molar-refractivity contribution in [3.8, 4) is 0 Å². The van der Waals surface area contributed by atoms with Crippen LogP contribution in [0.2, 0.25) is 0 Å². The Balaban J connectivity index is 2.98. The van der Waals surface area contributed by atoms with Crippen LogP contribution in [0.5, 0.6) is 0 Å². The largest absolute Gasteiger partial charge is 0.267 e. The summed E-state index contributed by atoms with van der Waals surface area (Å²) in [6.07, 6.45) is 1.53. The summed E-state index contributed by atoms with van der Waals surface area (Å²) < 4.78 is 25.9. The highest BCUT2D eigenvalue weighted by Gasteiger charge is 2.29. The van der Waals surface area contributed by atoms with Gasteiger partial charge in [-0.1, -0.05) is 15.9 Å². The number of nitrogens with one attached hydrogen (secondary N) is 1. The molecule has 4 nitrogen and oxygen atoms in total. The Kier molecular flexibility index (Phi) is 3.40. The van der Waals surface area contributed by atoms with Crippen LogP contribution in [0.1, 0.15) is 20.8 Å². The highest BCUT2D eigenvalue weighted by molar-refractivity contribution is 9.10. The molecule has 0 aliphatic rings. The first-order valence-electron chi connectivity index (χ1n) is 4.36. The van der Waals surface area contributed by atoms with Gasteiger partial charge in [-0.15, -0.1) is 0 Å². The number of anilines is 1. The van der Waals surface area contributed by atoms with Gasteiger partial charge in [-0.2, -0.15) is 0 Å². The van der Waals surface area contributed by atoms with Crippen LogP contribution in [-0.2, 0) is 10.0 Å². The minimum Gasteiger partial charge on any atom is -0.267 e. The number of nitrogens with zero attached hydrogens (tertiary/aromatic N) is 1. The molecule has 0 amide bonds. The first-order valence-corrected chi connectivity index (χ1v) is 6.64. The van der Waals surface area contributed by atoms with Crippen LogP contribution in [0.4, 0.5) is 5.82 Å². The third-order valence-electron chi connectivity index (χ3n) is 1.77. The van der Waals surface area contributed by atoms with E-state index in [0.29, 0.717) is 5.82 Å². The van der Waals surface area contributed by atoms with Crippen molar-refractivity contribution < 1.29 is 8.42 Å². The molecule has 1 N–H and O–H groups in total. The van der Waals surface area contributed by atoms with Crippen LogP contribution in [0.3, 0.4) is 0 Å². The predicted molar refractivity (Wildman–Crippen MR) is 64.2 cm³/mol. The lowest BCUT2D eigenvalue weighted by atomic mass is 10.3. The molecular weight excluding hydrogens is 280 g/mol. The molecule has 0 saturated carbocycles. The fraction of sp³-hybridized carbons (Fsp3) is 0.444. The molecule has 0 fully saturated rings. The third kappa shape index (κ3) is 3.17. The summed E-state index contributed by atoms with van der Waals surface area (Å²) in [5.41, 5.74) is 0. The van der Waals surface area contributed by atoms with Crippen LogP contribution in [0, 0.1) is 0 Å². The molecular formula is C9H13BrN2O2S. The zero-order valence-corrected chi connectivity index (χ0v) is 11.2. The Bertz CT molecular complexity index is 451. The quantitative estimate of drug-likeness (QED) is 0.910. The normalized spacial score (nSPS) is 12.5. The highest BCUT2D eigenvalue weighted by atomic mass is 79.9. The van der Waals surface area contributed by atoms with Crippen LogP contribution < -0.4 is 4.72 Å². The monoisotopic (exact) mass is 292 g/mol.